The van der Waals surface area contributed by atoms with Crippen LogP contribution in [-0.2, 0) is 37.4 Å². The van der Waals surface area contributed by atoms with Crippen molar-refractivity contribution in [3.63, 3.8) is 0 Å². The summed E-state index contributed by atoms with van der Waals surface area (Å²) in [6.07, 6.45) is 3.98. The second-order valence-corrected chi connectivity index (χ2v) is 4.03. The first-order valence-corrected chi connectivity index (χ1v) is 5.46. The summed E-state index contributed by atoms with van der Waals surface area (Å²) in [4.78, 5) is 11.1. The third kappa shape index (κ3) is 2.60. The van der Waals surface area contributed by atoms with Crippen LogP contribution >= 0.6 is 0 Å². The zero-order chi connectivity index (χ0) is 12.7. The number of H-pyrrole nitrogens is 1. The first kappa shape index (κ1) is 14.6. The van der Waals surface area contributed by atoms with E-state index in [0.29, 0.717) is 17.0 Å². The molecular formula is C11H11FN4O2Y. The average molecular weight is 339 g/mol. The number of aryl methyl sites for hydroxylation is 1. The summed E-state index contributed by atoms with van der Waals surface area (Å²) in [6.45, 7) is 1.51. The van der Waals surface area contributed by atoms with Crippen molar-refractivity contribution < 1.29 is 51.9 Å². The summed E-state index contributed by atoms with van der Waals surface area (Å²) < 4.78 is 20.6. The van der Waals surface area contributed by atoms with Gasteiger partial charge in [-0.3, -0.25) is 4.98 Å². The van der Waals surface area contributed by atoms with E-state index in [2.05, 4.69) is 21.1 Å². The van der Waals surface area contributed by atoms with Crippen LogP contribution in [0.4, 0.5) is 4.39 Å². The molecule has 3 rings (SSSR count). The largest absolute Gasteiger partial charge is 0.393 e. The van der Waals surface area contributed by atoms with Crippen LogP contribution in [0.1, 0.15) is 12.1 Å². The van der Waals surface area contributed by atoms with Gasteiger partial charge in [0, 0.05) is 38.9 Å². The Morgan fingerprint density at radius 3 is 3.11 bits per heavy atom. The Morgan fingerprint density at radius 2 is 2.42 bits per heavy atom. The van der Waals surface area contributed by atoms with E-state index in [1.165, 1.54) is 17.0 Å². The molecule has 1 radical (unpaired) electrons. The van der Waals surface area contributed by atoms with Crippen molar-refractivity contribution in [1.82, 2.24) is 14.5 Å². The number of aliphatic hydroxyl groups is 1. The van der Waals surface area contributed by atoms with Gasteiger partial charge in [0.15, 0.2) is 17.7 Å². The van der Waals surface area contributed by atoms with Crippen LogP contribution in [0.3, 0.4) is 0 Å². The maximum absolute atomic E-state index is 13.7. The summed E-state index contributed by atoms with van der Waals surface area (Å²) in [5, 5.41) is 8.97. The number of rotatable bonds is 2. The molecule has 0 saturated carbocycles. The van der Waals surface area contributed by atoms with Gasteiger partial charge in [0.2, 0.25) is 0 Å². The Labute approximate surface area is 133 Å². The van der Waals surface area contributed by atoms with E-state index in [0.717, 1.165) is 0 Å². The second kappa shape index (κ2) is 5.70. The molecule has 97 valence electrons. The fourth-order valence-corrected chi connectivity index (χ4v) is 1.89. The minimum Gasteiger partial charge on any atom is -0.393 e. The fraction of sp³-hybridized carbons (Fsp3) is 0.364. The van der Waals surface area contributed by atoms with Crippen molar-refractivity contribution in [3.8, 4) is 0 Å². The summed E-state index contributed by atoms with van der Waals surface area (Å²) in [6, 6.07) is 0. The van der Waals surface area contributed by atoms with Gasteiger partial charge >= 0.3 is 0 Å². The fourth-order valence-electron chi connectivity index (χ4n) is 1.89. The van der Waals surface area contributed by atoms with Crippen molar-refractivity contribution in [3.05, 3.63) is 30.3 Å². The predicted octanol–water partition coefficient (Wildman–Crippen LogP) is 0.0946. The van der Waals surface area contributed by atoms with Gasteiger partial charge in [-0.2, -0.15) is 4.98 Å². The number of aliphatic hydroxyl groups excluding tert-OH is 1. The third-order valence-corrected chi connectivity index (χ3v) is 2.72. The van der Waals surface area contributed by atoms with Gasteiger partial charge in [-0.1, -0.05) is 0 Å². The maximum Gasteiger partial charge on any atom is 0.187 e. The number of aromatic nitrogens is 4. The summed E-state index contributed by atoms with van der Waals surface area (Å²) in [7, 11) is 0. The molecule has 2 N–H and O–H groups in total. The number of halogens is 1. The number of nitrogens with zero attached hydrogens (tertiary/aromatic N) is 3. The second-order valence-electron chi connectivity index (χ2n) is 4.03. The molecule has 0 aliphatic carbocycles. The van der Waals surface area contributed by atoms with Crippen LogP contribution in [0.15, 0.2) is 18.2 Å². The molecule has 2 atom stereocenters. The van der Waals surface area contributed by atoms with Crippen LogP contribution in [-0.4, -0.2) is 32.4 Å². The van der Waals surface area contributed by atoms with Gasteiger partial charge in [0.05, 0.1) is 18.5 Å². The topological polar surface area (TPSA) is 74.3 Å². The summed E-state index contributed by atoms with van der Waals surface area (Å²) in [5.41, 5.74) is 0.989. The Morgan fingerprint density at radius 1 is 1.63 bits per heavy atom. The van der Waals surface area contributed by atoms with Gasteiger partial charge in [-0.05, 0) is 13.0 Å². The first-order valence-electron chi connectivity index (χ1n) is 5.46. The monoisotopic (exact) mass is 339 g/mol. The number of nitrogens with one attached hydrogen (secondary N) is 1. The molecule has 3 heterocycles. The van der Waals surface area contributed by atoms with Gasteiger partial charge in [0.25, 0.3) is 0 Å². The van der Waals surface area contributed by atoms with Crippen LogP contribution < -0.4 is 4.98 Å². The molecule has 0 amide bonds. The molecule has 1 aliphatic rings. The molecule has 2 aromatic rings. The van der Waals surface area contributed by atoms with Crippen molar-refractivity contribution >= 4 is 11.2 Å². The number of hydrogen-bond donors (Lipinski definition) is 1. The Kier molecular flexibility index (Phi) is 4.40. The zero-order valence-electron chi connectivity index (χ0n) is 10.2. The van der Waals surface area contributed by atoms with E-state index in [1.54, 1.807) is 6.92 Å². The van der Waals surface area contributed by atoms with E-state index >= 15 is 0 Å². The van der Waals surface area contributed by atoms with E-state index in [-0.39, 0.29) is 39.3 Å². The first-order chi connectivity index (χ1) is 8.69. The number of hydrogen-bond acceptors (Lipinski definition) is 4. The molecule has 0 bridgehead atoms. The summed E-state index contributed by atoms with van der Waals surface area (Å²) >= 11 is 0. The van der Waals surface area contributed by atoms with Crippen LogP contribution in [0.2, 0.25) is 0 Å². The molecule has 1 aliphatic heterocycles. The number of imidazole rings is 1. The minimum absolute atomic E-state index is 0. The molecule has 0 spiro atoms. The average Bonchev–Trinajstić information content (AvgIpc) is 2.92. The molecule has 0 fully saturated rings. The minimum atomic E-state index is -0.921. The number of aromatic amines is 1. The molecule has 0 saturated heterocycles. The van der Waals surface area contributed by atoms with E-state index < -0.39 is 18.2 Å². The Hall–Kier alpha value is -0.756. The molecule has 0 unspecified atom stereocenters. The van der Waals surface area contributed by atoms with Crippen molar-refractivity contribution in [2.45, 2.75) is 19.3 Å². The number of fused-ring (bicyclic) bond motifs is 1. The van der Waals surface area contributed by atoms with Gasteiger partial charge in [-0.15, -0.1) is 0 Å². The smallest absolute Gasteiger partial charge is 0.187 e. The van der Waals surface area contributed by atoms with Crippen molar-refractivity contribution in [2.75, 3.05) is 6.61 Å². The van der Waals surface area contributed by atoms with E-state index in [1.807, 2.05) is 0 Å². The zero-order valence-corrected chi connectivity index (χ0v) is 13.0. The molecular weight excluding hydrogens is 328 g/mol. The SMILES string of the molecule is Cc1nc2c([c-][nH+]1)ncn2[C@@H]1O[C@H](CO)C=C1F.[Y]. The Balaban J connectivity index is 0.00000133. The number of ether oxygens (including phenoxy) is 1. The molecule has 6 nitrogen and oxygen atoms in total. The molecule has 8 heteroatoms. The van der Waals surface area contributed by atoms with Gasteiger partial charge in [0.1, 0.15) is 11.9 Å². The normalized spacial score (nSPS) is 22.4. The summed E-state index contributed by atoms with van der Waals surface area (Å²) in [5.74, 6) is 0.186. The molecule has 2 aromatic heterocycles. The maximum atomic E-state index is 13.7. The quantitative estimate of drug-likeness (QED) is 0.788. The van der Waals surface area contributed by atoms with Crippen molar-refractivity contribution in [1.29, 1.82) is 0 Å². The standard InChI is InChI=1S/C11H11FN4O2.Y/c1-6-13-3-9-10(15-6)16(5-14-9)11-8(12)2-7(4-17)18-11;/h2,5,7,11,13,17H,4H2,1H3;/t7-,11+;/m0./s1. The van der Waals surface area contributed by atoms with Crippen LogP contribution in [0.25, 0.3) is 11.2 Å². The van der Waals surface area contributed by atoms with Crippen LogP contribution in [0.5, 0.6) is 0 Å². The molecule has 19 heavy (non-hydrogen) atoms. The van der Waals surface area contributed by atoms with E-state index in [9.17, 15) is 4.39 Å². The van der Waals surface area contributed by atoms with Gasteiger partial charge < -0.3 is 19.4 Å². The van der Waals surface area contributed by atoms with Crippen LogP contribution in [0, 0.1) is 13.1 Å². The van der Waals surface area contributed by atoms with E-state index in [4.69, 9.17) is 9.84 Å². The predicted molar refractivity (Wildman–Crippen MR) is 57.8 cm³/mol. The Bertz CT molecular complexity index is 630. The molecule has 0 aromatic carbocycles. The van der Waals surface area contributed by atoms with Gasteiger partial charge in [-0.25, -0.2) is 4.39 Å². The van der Waals surface area contributed by atoms with Crippen molar-refractivity contribution in [2.24, 2.45) is 0 Å². The third-order valence-electron chi connectivity index (χ3n) is 2.72.